The van der Waals surface area contributed by atoms with Crippen molar-refractivity contribution < 1.29 is 9.59 Å². The van der Waals surface area contributed by atoms with Crippen molar-refractivity contribution in [3.05, 3.63) is 71.3 Å². The van der Waals surface area contributed by atoms with Crippen LogP contribution in [-0.2, 0) is 16.1 Å². The van der Waals surface area contributed by atoms with Gasteiger partial charge in [0, 0.05) is 13.5 Å². The summed E-state index contributed by atoms with van der Waals surface area (Å²) in [6.45, 7) is 5.93. The van der Waals surface area contributed by atoms with E-state index in [4.69, 9.17) is 0 Å². The van der Waals surface area contributed by atoms with Gasteiger partial charge in [0.05, 0.1) is 12.6 Å². The molecule has 2 amide bonds. The molecule has 4 nitrogen and oxygen atoms in total. The summed E-state index contributed by atoms with van der Waals surface area (Å²) < 4.78 is 0. The zero-order chi connectivity index (χ0) is 17.5. The van der Waals surface area contributed by atoms with E-state index in [0.29, 0.717) is 6.54 Å². The second kappa shape index (κ2) is 8.29. The molecule has 24 heavy (non-hydrogen) atoms. The average molecular weight is 324 g/mol. The highest BCUT2D eigenvalue weighted by Gasteiger charge is 2.16. The molecule has 1 unspecified atom stereocenters. The Hall–Kier alpha value is -2.62. The monoisotopic (exact) mass is 324 g/mol. The van der Waals surface area contributed by atoms with E-state index in [9.17, 15) is 9.59 Å². The molecule has 2 aromatic carbocycles. The number of hydrogen-bond acceptors (Lipinski definition) is 2. The molecule has 0 saturated carbocycles. The summed E-state index contributed by atoms with van der Waals surface area (Å²) in [5, 5.41) is 2.95. The highest BCUT2D eigenvalue weighted by Crippen LogP contribution is 2.13. The van der Waals surface area contributed by atoms with E-state index in [0.717, 1.165) is 16.7 Å². The van der Waals surface area contributed by atoms with Crippen molar-refractivity contribution in [2.45, 2.75) is 33.4 Å². The summed E-state index contributed by atoms with van der Waals surface area (Å²) in [5.74, 6) is -0.268. The Labute approximate surface area is 143 Å². The number of carbonyl (C=O) groups excluding carboxylic acids is 2. The molecule has 0 spiro atoms. The molecule has 0 aromatic heterocycles. The zero-order valence-corrected chi connectivity index (χ0v) is 14.5. The third-order valence-electron chi connectivity index (χ3n) is 4.08. The van der Waals surface area contributed by atoms with Crippen molar-refractivity contribution >= 4 is 11.8 Å². The molecule has 0 radical (unpaired) electrons. The Morgan fingerprint density at radius 2 is 1.67 bits per heavy atom. The van der Waals surface area contributed by atoms with Gasteiger partial charge in [-0.1, -0.05) is 54.6 Å². The number of aryl methyl sites for hydroxylation is 1. The Kier molecular flexibility index (Phi) is 6.13. The van der Waals surface area contributed by atoms with E-state index in [1.165, 1.54) is 6.92 Å². The molecule has 1 atom stereocenters. The summed E-state index contributed by atoms with van der Waals surface area (Å²) in [5.41, 5.74) is 3.21. The summed E-state index contributed by atoms with van der Waals surface area (Å²) in [7, 11) is 0. The lowest BCUT2D eigenvalue weighted by atomic mass is 10.1. The van der Waals surface area contributed by atoms with Crippen LogP contribution < -0.4 is 5.32 Å². The van der Waals surface area contributed by atoms with Crippen LogP contribution in [0, 0.1) is 6.92 Å². The van der Waals surface area contributed by atoms with E-state index in [-0.39, 0.29) is 24.4 Å². The van der Waals surface area contributed by atoms with E-state index >= 15 is 0 Å². The van der Waals surface area contributed by atoms with Crippen LogP contribution in [0.3, 0.4) is 0 Å². The van der Waals surface area contributed by atoms with Gasteiger partial charge in [-0.05, 0) is 30.5 Å². The van der Waals surface area contributed by atoms with Gasteiger partial charge >= 0.3 is 0 Å². The minimum absolute atomic E-state index is 0.0564. The molecule has 0 fully saturated rings. The molecular formula is C20H24N2O2. The Bertz CT molecular complexity index is 698. The topological polar surface area (TPSA) is 49.4 Å². The summed E-state index contributed by atoms with van der Waals surface area (Å²) in [4.78, 5) is 25.8. The van der Waals surface area contributed by atoms with Crippen LogP contribution in [0.25, 0.3) is 0 Å². The van der Waals surface area contributed by atoms with Gasteiger partial charge in [0.1, 0.15) is 0 Å². The third-order valence-corrected chi connectivity index (χ3v) is 4.08. The number of carbonyl (C=O) groups is 2. The minimum atomic E-state index is -0.157. The fourth-order valence-corrected chi connectivity index (χ4v) is 2.56. The van der Waals surface area contributed by atoms with Gasteiger partial charge in [0.2, 0.25) is 11.8 Å². The first-order valence-electron chi connectivity index (χ1n) is 8.11. The second-order valence-electron chi connectivity index (χ2n) is 6.00. The van der Waals surface area contributed by atoms with Crippen LogP contribution in [-0.4, -0.2) is 23.3 Å². The highest BCUT2D eigenvalue weighted by molar-refractivity contribution is 5.84. The van der Waals surface area contributed by atoms with Gasteiger partial charge < -0.3 is 10.2 Å². The fourth-order valence-electron chi connectivity index (χ4n) is 2.56. The number of amides is 2. The summed E-state index contributed by atoms with van der Waals surface area (Å²) in [6, 6.07) is 17.6. The zero-order valence-electron chi connectivity index (χ0n) is 14.5. The van der Waals surface area contributed by atoms with E-state index < -0.39 is 0 Å². The van der Waals surface area contributed by atoms with Crippen LogP contribution in [0.5, 0.6) is 0 Å². The van der Waals surface area contributed by atoms with Crippen molar-refractivity contribution in [3.63, 3.8) is 0 Å². The lowest BCUT2D eigenvalue weighted by Crippen LogP contribution is -2.40. The SMILES string of the molecule is CC(=O)N(CC(=O)NC(C)c1ccccc1)Cc1ccccc1C. The minimum Gasteiger partial charge on any atom is -0.348 e. The number of nitrogens with one attached hydrogen (secondary N) is 1. The Morgan fingerprint density at radius 1 is 1.04 bits per heavy atom. The molecule has 0 bridgehead atoms. The maximum Gasteiger partial charge on any atom is 0.240 e. The first-order chi connectivity index (χ1) is 11.5. The number of rotatable bonds is 6. The van der Waals surface area contributed by atoms with Crippen molar-refractivity contribution in [1.82, 2.24) is 10.2 Å². The first kappa shape index (κ1) is 17.7. The molecule has 0 aliphatic heterocycles. The molecule has 0 saturated heterocycles. The largest absolute Gasteiger partial charge is 0.348 e. The molecule has 0 heterocycles. The van der Waals surface area contributed by atoms with Crippen LogP contribution in [0.15, 0.2) is 54.6 Å². The number of hydrogen-bond donors (Lipinski definition) is 1. The first-order valence-corrected chi connectivity index (χ1v) is 8.11. The van der Waals surface area contributed by atoms with Crippen molar-refractivity contribution in [3.8, 4) is 0 Å². The van der Waals surface area contributed by atoms with E-state index in [1.807, 2.05) is 68.4 Å². The Balaban J connectivity index is 1.99. The molecule has 126 valence electrons. The van der Waals surface area contributed by atoms with Crippen LogP contribution in [0.1, 0.15) is 36.6 Å². The number of nitrogens with zero attached hydrogens (tertiary/aromatic N) is 1. The predicted molar refractivity (Wildman–Crippen MR) is 95.3 cm³/mol. The van der Waals surface area contributed by atoms with E-state index in [1.54, 1.807) is 4.90 Å². The maximum absolute atomic E-state index is 12.3. The third kappa shape index (κ3) is 4.95. The average Bonchev–Trinajstić information content (AvgIpc) is 2.56. The van der Waals surface area contributed by atoms with Crippen LogP contribution >= 0.6 is 0 Å². The quantitative estimate of drug-likeness (QED) is 0.887. The summed E-state index contributed by atoms with van der Waals surface area (Å²) in [6.07, 6.45) is 0. The predicted octanol–water partition coefficient (Wildman–Crippen LogP) is 3.22. The molecule has 1 N–H and O–H groups in total. The second-order valence-corrected chi connectivity index (χ2v) is 6.00. The lowest BCUT2D eigenvalue weighted by Gasteiger charge is -2.23. The van der Waals surface area contributed by atoms with Gasteiger partial charge in [0.25, 0.3) is 0 Å². The van der Waals surface area contributed by atoms with E-state index in [2.05, 4.69) is 5.32 Å². The molecule has 2 aromatic rings. The van der Waals surface area contributed by atoms with Gasteiger partial charge in [-0.25, -0.2) is 0 Å². The maximum atomic E-state index is 12.3. The fraction of sp³-hybridized carbons (Fsp3) is 0.300. The molecule has 2 rings (SSSR count). The van der Waals surface area contributed by atoms with Gasteiger partial charge in [0.15, 0.2) is 0 Å². The van der Waals surface area contributed by atoms with Crippen molar-refractivity contribution in [2.75, 3.05) is 6.54 Å². The summed E-state index contributed by atoms with van der Waals surface area (Å²) >= 11 is 0. The highest BCUT2D eigenvalue weighted by atomic mass is 16.2. The molecule has 4 heteroatoms. The molecular weight excluding hydrogens is 300 g/mol. The van der Waals surface area contributed by atoms with Crippen molar-refractivity contribution in [1.29, 1.82) is 0 Å². The van der Waals surface area contributed by atoms with Crippen LogP contribution in [0.2, 0.25) is 0 Å². The van der Waals surface area contributed by atoms with Crippen LogP contribution in [0.4, 0.5) is 0 Å². The lowest BCUT2D eigenvalue weighted by molar-refractivity contribution is -0.135. The van der Waals surface area contributed by atoms with Crippen molar-refractivity contribution in [2.24, 2.45) is 0 Å². The standard InChI is InChI=1S/C20H24N2O2/c1-15-9-7-8-12-19(15)13-22(17(3)23)14-20(24)21-16(2)18-10-5-4-6-11-18/h4-12,16H,13-14H2,1-3H3,(H,21,24). The molecule has 0 aliphatic rings. The Morgan fingerprint density at radius 3 is 2.29 bits per heavy atom. The smallest absolute Gasteiger partial charge is 0.240 e. The normalized spacial score (nSPS) is 11.6. The van der Waals surface area contributed by atoms with Gasteiger partial charge in [-0.15, -0.1) is 0 Å². The number of benzene rings is 2. The van der Waals surface area contributed by atoms with Gasteiger partial charge in [-0.3, -0.25) is 9.59 Å². The molecule has 0 aliphatic carbocycles. The van der Waals surface area contributed by atoms with Gasteiger partial charge in [-0.2, -0.15) is 0 Å².